The molecule has 3 N–H and O–H groups in total. The third kappa shape index (κ3) is 5.49. The highest BCUT2D eigenvalue weighted by molar-refractivity contribution is 5.88. The summed E-state index contributed by atoms with van der Waals surface area (Å²) in [4.78, 5) is 14.4. The fraction of sp³-hybridized carbons (Fsp3) is 0.765. The lowest BCUT2D eigenvalue weighted by molar-refractivity contribution is 0.0917. The molecule has 7 heteroatoms. The van der Waals surface area contributed by atoms with Crippen molar-refractivity contribution in [3.8, 4) is 0 Å². The SMILES string of the molecule is Cc1cc(NC(=O)NCCN2CCCCC2CO)n(CC(C)C)n1. The number of aryl methyl sites for hydroxylation is 1. The number of rotatable bonds is 7. The van der Waals surface area contributed by atoms with Crippen molar-refractivity contribution in [2.75, 3.05) is 31.6 Å². The van der Waals surface area contributed by atoms with Gasteiger partial charge in [-0.05, 0) is 32.2 Å². The minimum absolute atomic E-state index is 0.194. The Morgan fingerprint density at radius 1 is 1.46 bits per heavy atom. The molecular formula is C17H31N5O2. The van der Waals surface area contributed by atoms with Crippen LogP contribution in [-0.4, -0.2) is 58.1 Å². The van der Waals surface area contributed by atoms with Crippen LogP contribution in [0.4, 0.5) is 10.6 Å². The molecule has 0 aliphatic carbocycles. The normalized spacial score (nSPS) is 18.8. The fourth-order valence-corrected chi connectivity index (χ4v) is 3.17. The molecule has 1 aliphatic rings. The van der Waals surface area contributed by atoms with Crippen LogP contribution in [0.2, 0.25) is 0 Å². The summed E-state index contributed by atoms with van der Waals surface area (Å²) in [5, 5.41) is 19.6. The molecule has 0 aromatic carbocycles. The average molecular weight is 337 g/mol. The summed E-state index contributed by atoms with van der Waals surface area (Å²) in [7, 11) is 0. The Morgan fingerprint density at radius 2 is 2.25 bits per heavy atom. The topological polar surface area (TPSA) is 82.4 Å². The molecule has 136 valence electrons. The molecule has 0 spiro atoms. The number of anilines is 1. The number of hydrogen-bond donors (Lipinski definition) is 3. The highest BCUT2D eigenvalue weighted by Crippen LogP contribution is 2.16. The summed E-state index contributed by atoms with van der Waals surface area (Å²) >= 11 is 0. The van der Waals surface area contributed by atoms with E-state index in [9.17, 15) is 9.90 Å². The van der Waals surface area contributed by atoms with Crippen molar-refractivity contribution in [2.45, 2.75) is 52.6 Å². The van der Waals surface area contributed by atoms with Gasteiger partial charge in [0.25, 0.3) is 0 Å². The predicted molar refractivity (Wildman–Crippen MR) is 95.1 cm³/mol. The van der Waals surface area contributed by atoms with Crippen LogP contribution in [0.25, 0.3) is 0 Å². The summed E-state index contributed by atoms with van der Waals surface area (Å²) < 4.78 is 1.84. The Hall–Kier alpha value is -1.60. The third-order valence-corrected chi connectivity index (χ3v) is 4.33. The molecule has 2 rings (SSSR count). The minimum Gasteiger partial charge on any atom is -0.395 e. The largest absolute Gasteiger partial charge is 0.395 e. The van der Waals surface area contributed by atoms with Crippen LogP contribution in [0.3, 0.4) is 0 Å². The second kappa shape index (κ2) is 9.03. The summed E-state index contributed by atoms with van der Waals surface area (Å²) in [5.74, 6) is 1.19. The van der Waals surface area contributed by atoms with Crippen LogP contribution in [0.5, 0.6) is 0 Å². The van der Waals surface area contributed by atoms with E-state index in [1.165, 1.54) is 6.42 Å². The van der Waals surface area contributed by atoms with Gasteiger partial charge in [0.15, 0.2) is 0 Å². The van der Waals surface area contributed by atoms with Crippen molar-refractivity contribution in [3.05, 3.63) is 11.8 Å². The van der Waals surface area contributed by atoms with Gasteiger partial charge in [0, 0.05) is 31.7 Å². The lowest BCUT2D eigenvalue weighted by Gasteiger charge is -2.34. The van der Waals surface area contributed by atoms with Crippen molar-refractivity contribution >= 4 is 11.8 Å². The van der Waals surface area contributed by atoms with Gasteiger partial charge in [-0.1, -0.05) is 20.3 Å². The summed E-state index contributed by atoms with van der Waals surface area (Å²) in [5.41, 5.74) is 0.894. The first kappa shape index (κ1) is 18.7. The first-order chi connectivity index (χ1) is 11.5. The van der Waals surface area contributed by atoms with Crippen molar-refractivity contribution in [3.63, 3.8) is 0 Å². The molecule has 0 saturated carbocycles. The number of aliphatic hydroxyl groups excluding tert-OH is 1. The number of amides is 2. The van der Waals surface area contributed by atoms with Gasteiger partial charge >= 0.3 is 6.03 Å². The average Bonchev–Trinajstić information content (AvgIpc) is 2.86. The zero-order valence-electron chi connectivity index (χ0n) is 15.1. The molecule has 1 aromatic rings. The van der Waals surface area contributed by atoms with Crippen LogP contribution >= 0.6 is 0 Å². The van der Waals surface area contributed by atoms with E-state index in [4.69, 9.17) is 0 Å². The third-order valence-electron chi connectivity index (χ3n) is 4.33. The van der Waals surface area contributed by atoms with E-state index < -0.39 is 0 Å². The molecule has 2 amide bonds. The van der Waals surface area contributed by atoms with Crippen LogP contribution in [-0.2, 0) is 6.54 Å². The second-order valence-corrected chi connectivity index (χ2v) is 7.00. The predicted octanol–water partition coefficient (Wildman–Crippen LogP) is 1.82. The summed E-state index contributed by atoms with van der Waals surface area (Å²) in [6.07, 6.45) is 3.38. The number of aliphatic hydroxyl groups is 1. The molecule has 1 unspecified atom stereocenters. The van der Waals surface area contributed by atoms with Crippen molar-refractivity contribution in [1.82, 2.24) is 20.0 Å². The van der Waals surface area contributed by atoms with E-state index in [2.05, 4.69) is 34.5 Å². The highest BCUT2D eigenvalue weighted by atomic mass is 16.3. The number of urea groups is 1. The maximum absolute atomic E-state index is 12.1. The molecule has 7 nitrogen and oxygen atoms in total. The number of carbonyl (C=O) groups excluding carboxylic acids is 1. The maximum atomic E-state index is 12.1. The number of likely N-dealkylation sites (tertiary alicyclic amines) is 1. The molecule has 1 atom stereocenters. The zero-order chi connectivity index (χ0) is 17.5. The zero-order valence-corrected chi connectivity index (χ0v) is 15.1. The molecule has 0 bridgehead atoms. The maximum Gasteiger partial charge on any atom is 0.320 e. The Bertz CT molecular complexity index is 529. The highest BCUT2D eigenvalue weighted by Gasteiger charge is 2.21. The number of aromatic nitrogens is 2. The van der Waals surface area contributed by atoms with Gasteiger partial charge in [-0.3, -0.25) is 10.2 Å². The smallest absolute Gasteiger partial charge is 0.320 e. The Balaban J connectivity index is 1.79. The summed E-state index contributed by atoms with van der Waals surface area (Å²) in [6.45, 7) is 9.46. The minimum atomic E-state index is -0.211. The number of hydrogen-bond acceptors (Lipinski definition) is 4. The van der Waals surface area contributed by atoms with E-state index in [0.29, 0.717) is 12.5 Å². The molecule has 1 aromatic heterocycles. The van der Waals surface area contributed by atoms with Gasteiger partial charge < -0.3 is 10.4 Å². The fourth-order valence-electron chi connectivity index (χ4n) is 3.17. The van der Waals surface area contributed by atoms with E-state index >= 15 is 0 Å². The van der Waals surface area contributed by atoms with Gasteiger partial charge in [0.05, 0.1) is 12.3 Å². The van der Waals surface area contributed by atoms with Crippen molar-refractivity contribution in [2.24, 2.45) is 5.92 Å². The number of carbonyl (C=O) groups is 1. The van der Waals surface area contributed by atoms with Gasteiger partial charge in [0.2, 0.25) is 0 Å². The van der Waals surface area contributed by atoms with Crippen molar-refractivity contribution < 1.29 is 9.90 Å². The van der Waals surface area contributed by atoms with Crippen LogP contribution in [0.1, 0.15) is 38.8 Å². The lowest BCUT2D eigenvalue weighted by atomic mass is 10.0. The molecule has 24 heavy (non-hydrogen) atoms. The number of nitrogens with zero attached hydrogens (tertiary/aromatic N) is 3. The molecule has 1 aliphatic heterocycles. The number of piperidine rings is 1. The quantitative estimate of drug-likeness (QED) is 0.709. The Labute approximate surface area is 144 Å². The monoisotopic (exact) mass is 337 g/mol. The van der Waals surface area contributed by atoms with E-state index in [-0.39, 0.29) is 18.7 Å². The first-order valence-electron chi connectivity index (χ1n) is 8.93. The standard InChI is InChI=1S/C17H31N5O2/c1-13(2)11-22-16(10-14(3)20-22)19-17(24)18-7-9-21-8-5-4-6-15(21)12-23/h10,13,15,23H,4-9,11-12H2,1-3H3,(H2,18,19,24). The van der Waals surface area contributed by atoms with E-state index in [1.807, 2.05) is 17.7 Å². The molecule has 2 heterocycles. The lowest BCUT2D eigenvalue weighted by Crippen LogP contribution is -2.46. The van der Waals surface area contributed by atoms with Gasteiger partial charge in [-0.25, -0.2) is 9.48 Å². The number of nitrogens with one attached hydrogen (secondary N) is 2. The summed E-state index contributed by atoms with van der Waals surface area (Å²) in [6, 6.07) is 1.91. The second-order valence-electron chi connectivity index (χ2n) is 7.00. The molecule has 1 fully saturated rings. The molecule has 1 saturated heterocycles. The molecular weight excluding hydrogens is 306 g/mol. The van der Waals surface area contributed by atoms with Crippen LogP contribution < -0.4 is 10.6 Å². The Morgan fingerprint density at radius 3 is 2.96 bits per heavy atom. The van der Waals surface area contributed by atoms with Crippen LogP contribution in [0, 0.1) is 12.8 Å². The molecule has 0 radical (unpaired) electrons. The first-order valence-corrected chi connectivity index (χ1v) is 8.93. The van der Waals surface area contributed by atoms with Gasteiger partial charge in [0.1, 0.15) is 5.82 Å². The van der Waals surface area contributed by atoms with Crippen LogP contribution in [0.15, 0.2) is 6.07 Å². The van der Waals surface area contributed by atoms with E-state index in [1.54, 1.807) is 0 Å². The van der Waals surface area contributed by atoms with Gasteiger partial charge in [-0.2, -0.15) is 5.10 Å². The Kier molecular flexibility index (Phi) is 7.05. The van der Waals surface area contributed by atoms with E-state index in [0.717, 1.165) is 44.0 Å². The van der Waals surface area contributed by atoms with Gasteiger partial charge in [-0.15, -0.1) is 0 Å². The van der Waals surface area contributed by atoms with Crippen molar-refractivity contribution in [1.29, 1.82) is 0 Å².